The first-order valence-corrected chi connectivity index (χ1v) is 12.6. The van der Waals surface area contributed by atoms with Gasteiger partial charge in [0.25, 0.3) is 11.7 Å². The zero-order valence-electron chi connectivity index (χ0n) is 21.6. The van der Waals surface area contributed by atoms with Crippen molar-refractivity contribution in [3.8, 4) is 17.2 Å². The molecule has 0 radical (unpaired) electrons. The lowest BCUT2D eigenvalue weighted by atomic mass is 9.85. The third-order valence-electron chi connectivity index (χ3n) is 6.77. The first-order chi connectivity index (χ1) is 18.1. The topological polar surface area (TPSA) is 85.3 Å². The van der Waals surface area contributed by atoms with E-state index in [-0.39, 0.29) is 21.8 Å². The zero-order chi connectivity index (χ0) is 27.2. The summed E-state index contributed by atoms with van der Waals surface area (Å²) in [6.07, 6.45) is 0. The molecule has 0 aliphatic carbocycles. The number of hydrogen-bond donors (Lipinski definition) is 1. The Balaban J connectivity index is 1.69. The number of hydrogen-bond acceptors (Lipinski definition) is 6. The first kappa shape index (κ1) is 25.7. The number of aliphatic hydroxyl groups excluding tert-OH is 1. The number of methoxy groups -OCH3 is 1. The minimum Gasteiger partial charge on any atom is -0.507 e. The van der Waals surface area contributed by atoms with Crippen molar-refractivity contribution >= 4 is 34.7 Å². The zero-order valence-corrected chi connectivity index (χ0v) is 22.3. The van der Waals surface area contributed by atoms with Gasteiger partial charge < -0.3 is 19.3 Å². The average molecular weight is 534 g/mol. The molecular formula is C30H28ClNO6. The summed E-state index contributed by atoms with van der Waals surface area (Å²) in [7, 11) is 1.49. The molecule has 1 saturated heterocycles. The summed E-state index contributed by atoms with van der Waals surface area (Å²) in [5.41, 5.74) is 2.40. The normalized spacial score (nSPS) is 18.6. The van der Waals surface area contributed by atoms with Crippen LogP contribution in [-0.4, -0.2) is 37.1 Å². The van der Waals surface area contributed by atoms with E-state index in [1.165, 1.54) is 18.1 Å². The van der Waals surface area contributed by atoms with Crippen LogP contribution >= 0.6 is 11.6 Å². The first-order valence-electron chi connectivity index (χ1n) is 12.2. The summed E-state index contributed by atoms with van der Waals surface area (Å²) in [5, 5.41) is 11.7. The fourth-order valence-electron chi connectivity index (χ4n) is 4.73. The van der Waals surface area contributed by atoms with E-state index in [4.69, 9.17) is 25.8 Å². The fourth-order valence-corrected chi connectivity index (χ4v) is 4.99. The van der Waals surface area contributed by atoms with Gasteiger partial charge >= 0.3 is 0 Å². The highest BCUT2D eigenvalue weighted by molar-refractivity contribution is 6.51. The molecule has 0 aromatic heterocycles. The van der Waals surface area contributed by atoms with Gasteiger partial charge in [0.2, 0.25) is 0 Å². The minimum absolute atomic E-state index is 0.0327. The van der Waals surface area contributed by atoms with Crippen LogP contribution < -0.4 is 19.1 Å². The van der Waals surface area contributed by atoms with Gasteiger partial charge in [0.1, 0.15) is 24.7 Å². The predicted molar refractivity (Wildman–Crippen MR) is 145 cm³/mol. The van der Waals surface area contributed by atoms with Crippen LogP contribution in [-0.2, 0) is 15.0 Å². The van der Waals surface area contributed by atoms with Crippen molar-refractivity contribution < 1.29 is 28.9 Å². The Kier molecular flexibility index (Phi) is 6.57. The Hall–Kier alpha value is -3.97. The van der Waals surface area contributed by atoms with Gasteiger partial charge in [-0.15, -0.1) is 0 Å². The summed E-state index contributed by atoms with van der Waals surface area (Å²) in [5.74, 6) is -0.399. The maximum atomic E-state index is 13.5. The molecular weight excluding hydrogens is 506 g/mol. The van der Waals surface area contributed by atoms with Crippen LogP contribution in [0.25, 0.3) is 5.76 Å². The van der Waals surface area contributed by atoms with Gasteiger partial charge in [0, 0.05) is 17.3 Å². The lowest BCUT2D eigenvalue weighted by Crippen LogP contribution is -2.29. The van der Waals surface area contributed by atoms with Crippen LogP contribution in [0.5, 0.6) is 17.2 Å². The molecule has 1 fully saturated rings. The Morgan fingerprint density at radius 3 is 2.29 bits per heavy atom. The van der Waals surface area contributed by atoms with Crippen molar-refractivity contribution in [2.24, 2.45) is 0 Å². The SMILES string of the molecule is COc1ccc(/C(O)=C2\C(=O)C(=O)N(c3ccc4c(c3)OCCO4)C2c2ccc(C(C)(C)C)cc2)cc1Cl. The Labute approximate surface area is 226 Å². The summed E-state index contributed by atoms with van der Waals surface area (Å²) in [4.78, 5) is 28.4. The number of ketones is 1. The molecule has 0 bridgehead atoms. The number of anilines is 1. The second-order valence-electron chi connectivity index (χ2n) is 10.2. The van der Waals surface area contributed by atoms with Crippen LogP contribution in [0.1, 0.15) is 43.5 Å². The molecule has 7 nitrogen and oxygen atoms in total. The molecule has 3 aromatic carbocycles. The van der Waals surface area contributed by atoms with Gasteiger partial charge in [-0.3, -0.25) is 14.5 Å². The van der Waals surface area contributed by atoms with Gasteiger partial charge in [-0.1, -0.05) is 56.6 Å². The molecule has 5 rings (SSSR count). The monoisotopic (exact) mass is 533 g/mol. The number of rotatable bonds is 4. The average Bonchev–Trinajstić information content (AvgIpc) is 3.17. The van der Waals surface area contributed by atoms with E-state index in [9.17, 15) is 14.7 Å². The number of nitrogens with zero attached hydrogens (tertiary/aromatic N) is 1. The maximum Gasteiger partial charge on any atom is 0.300 e. The van der Waals surface area contributed by atoms with Crippen molar-refractivity contribution in [2.45, 2.75) is 32.2 Å². The van der Waals surface area contributed by atoms with Gasteiger partial charge in [0.15, 0.2) is 11.5 Å². The van der Waals surface area contributed by atoms with E-state index >= 15 is 0 Å². The molecule has 196 valence electrons. The molecule has 1 N–H and O–H groups in total. The number of carbonyl (C=O) groups is 2. The molecule has 1 unspecified atom stereocenters. The molecule has 1 amide bonds. The quantitative estimate of drug-likeness (QED) is 0.250. The molecule has 1 atom stereocenters. The standard InChI is InChI=1S/C30H28ClNO6/c1-30(2,3)19-8-5-17(6-9-19)26-25(27(33)18-7-11-22(36-4)21(31)15-18)28(34)29(35)32(26)20-10-12-23-24(16-20)38-14-13-37-23/h5-12,15-16,26,33H,13-14H2,1-4H3/b27-25+. The number of ether oxygens (including phenoxy) is 3. The second-order valence-corrected chi connectivity index (χ2v) is 10.6. The second kappa shape index (κ2) is 9.72. The fraction of sp³-hybridized carbons (Fsp3) is 0.267. The van der Waals surface area contributed by atoms with Crippen molar-refractivity contribution in [3.05, 3.63) is 87.9 Å². The number of aliphatic hydroxyl groups is 1. The Bertz CT molecular complexity index is 1450. The van der Waals surface area contributed by atoms with Crippen LogP contribution in [0, 0.1) is 0 Å². The summed E-state index contributed by atoms with van der Waals surface area (Å²) in [6.45, 7) is 7.14. The number of Topliss-reactive ketones (excluding diaryl/α,β-unsaturated/α-hetero) is 1. The van der Waals surface area contributed by atoms with Crippen LogP contribution in [0.3, 0.4) is 0 Å². The molecule has 3 aromatic rings. The van der Waals surface area contributed by atoms with Crippen LogP contribution in [0.4, 0.5) is 5.69 Å². The van der Waals surface area contributed by atoms with Gasteiger partial charge in [-0.2, -0.15) is 0 Å². The highest BCUT2D eigenvalue weighted by atomic mass is 35.5. The largest absolute Gasteiger partial charge is 0.507 e. The molecule has 38 heavy (non-hydrogen) atoms. The van der Waals surface area contributed by atoms with E-state index in [1.54, 1.807) is 30.3 Å². The number of halogens is 1. The smallest absolute Gasteiger partial charge is 0.300 e. The van der Waals surface area contributed by atoms with Gasteiger partial charge in [0.05, 0.1) is 23.7 Å². The molecule has 0 saturated carbocycles. The summed E-state index contributed by atoms with van der Waals surface area (Å²) < 4.78 is 16.6. The number of benzene rings is 3. The lowest BCUT2D eigenvalue weighted by molar-refractivity contribution is -0.132. The highest BCUT2D eigenvalue weighted by Gasteiger charge is 2.47. The van der Waals surface area contributed by atoms with Crippen molar-refractivity contribution in [1.82, 2.24) is 0 Å². The van der Waals surface area contributed by atoms with Crippen molar-refractivity contribution in [1.29, 1.82) is 0 Å². The minimum atomic E-state index is -0.882. The van der Waals surface area contributed by atoms with Crippen molar-refractivity contribution in [2.75, 3.05) is 25.2 Å². The van der Waals surface area contributed by atoms with E-state index < -0.39 is 17.7 Å². The van der Waals surface area contributed by atoms with Crippen LogP contribution in [0.15, 0.2) is 66.2 Å². The lowest BCUT2D eigenvalue weighted by Gasteiger charge is -2.28. The third-order valence-corrected chi connectivity index (χ3v) is 7.06. The van der Waals surface area contributed by atoms with E-state index in [0.29, 0.717) is 47.3 Å². The summed E-state index contributed by atoms with van der Waals surface area (Å²) in [6, 6.07) is 16.6. The number of amides is 1. The molecule has 2 aliphatic heterocycles. The molecule has 2 aliphatic rings. The number of fused-ring (bicyclic) bond motifs is 1. The third kappa shape index (κ3) is 4.47. The van der Waals surface area contributed by atoms with Crippen molar-refractivity contribution in [3.63, 3.8) is 0 Å². The number of carbonyl (C=O) groups excluding carboxylic acids is 2. The Morgan fingerprint density at radius 2 is 1.66 bits per heavy atom. The highest BCUT2D eigenvalue weighted by Crippen LogP contribution is 2.45. The van der Waals surface area contributed by atoms with Crippen LogP contribution in [0.2, 0.25) is 5.02 Å². The maximum absolute atomic E-state index is 13.5. The van der Waals surface area contributed by atoms with E-state index in [2.05, 4.69) is 20.8 Å². The summed E-state index contributed by atoms with van der Waals surface area (Å²) >= 11 is 6.30. The molecule has 2 heterocycles. The van der Waals surface area contributed by atoms with Gasteiger partial charge in [-0.05, 0) is 46.9 Å². The van der Waals surface area contributed by atoms with E-state index in [1.807, 2.05) is 24.3 Å². The molecule has 0 spiro atoms. The van der Waals surface area contributed by atoms with E-state index in [0.717, 1.165) is 5.56 Å². The predicted octanol–water partition coefficient (Wildman–Crippen LogP) is 6.04. The molecule has 8 heteroatoms. The van der Waals surface area contributed by atoms with Gasteiger partial charge in [-0.25, -0.2) is 0 Å². The Morgan fingerprint density at radius 1 is 0.974 bits per heavy atom.